The molecule has 0 aliphatic heterocycles. The molecule has 0 N–H and O–H groups in total. The fourth-order valence-corrected chi connectivity index (χ4v) is 14.3. The van der Waals surface area contributed by atoms with Crippen LogP contribution in [0.25, 0.3) is 153 Å². The first-order valence-corrected chi connectivity index (χ1v) is 41.0. The van der Waals surface area contributed by atoms with Gasteiger partial charge in [0.15, 0.2) is 0 Å². The Labute approximate surface area is 678 Å². The van der Waals surface area contributed by atoms with Gasteiger partial charge in [-0.05, 0) is 190 Å². The third-order valence-electron chi connectivity index (χ3n) is 19.4. The molecule has 0 bridgehead atoms. The van der Waals surface area contributed by atoms with Gasteiger partial charge in [0.2, 0.25) is 0 Å². The lowest BCUT2D eigenvalue weighted by molar-refractivity contribution is 0.668. The standard InChI is InChI=1S/2C27H18O.2C13H12.2C10H8.6C2H6/c2*1-17-19-8-2-4-11-23(19)27(24-12-5-3-9-20(17)24)18-14-15-22-21-10-6-7-13-25(21)28-26(22)16-18;1-11-7-5-6-10-13(11)12-8-3-2-4-9-12;1-11-6-5-9-13(10-11)12-7-3-2-4-8-12;2*1-2-6-10-8-4-3-7-9(10)5-1;6*1-2/h2*2-16H,1H3;2*2-10H,1H3;2*1-8H;6*1-2H3. The number of benzene rings is 18. The SMILES string of the molecule is CC.CC.CC.CC.CC.CC.Cc1c2ccccc2c(-c2ccc3c(c2)oc2ccccc23)c2ccccc12.Cc1c2ccccc2c(-c2ccc3c(c2)oc2ccccc23)c2ccccc12.Cc1cccc(-c2ccccc2)c1.Cc1ccccc1-c1ccccc1.c1ccc2ccccc2c1.c1ccc2ccccc2c1. The second-order valence-electron chi connectivity index (χ2n) is 25.9. The third-order valence-corrected chi connectivity index (χ3v) is 19.4. The van der Waals surface area contributed by atoms with Gasteiger partial charge in [0, 0.05) is 21.5 Å². The van der Waals surface area contributed by atoms with Gasteiger partial charge in [0.05, 0.1) is 0 Å². The summed E-state index contributed by atoms with van der Waals surface area (Å²) in [4.78, 5) is 0. The van der Waals surface area contributed by atoms with Crippen LogP contribution in [0.3, 0.4) is 0 Å². The van der Waals surface area contributed by atoms with Crippen molar-refractivity contribution in [2.75, 3.05) is 0 Å². The second-order valence-corrected chi connectivity index (χ2v) is 25.9. The summed E-state index contributed by atoms with van der Waals surface area (Å²) >= 11 is 0. The van der Waals surface area contributed by atoms with E-state index >= 15 is 0 Å². The Morgan fingerprint density at radius 3 is 0.763 bits per heavy atom. The van der Waals surface area contributed by atoms with Crippen molar-refractivity contribution in [1.82, 2.24) is 0 Å². The van der Waals surface area contributed by atoms with Gasteiger partial charge >= 0.3 is 0 Å². The maximum Gasteiger partial charge on any atom is 0.136 e. The molecule has 0 aliphatic carbocycles. The van der Waals surface area contributed by atoms with Crippen molar-refractivity contribution in [1.29, 1.82) is 0 Å². The van der Waals surface area contributed by atoms with Crippen molar-refractivity contribution in [3.05, 3.63) is 411 Å². The average molecular weight is 1490 g/mol. The van der Waals surface area contributed by atoms with Gasteiger partial charge in [-0.25, -0.2) is 0 Å². The first-order chi connectivity index (χ1) is 56.3. The molecule has 0 saturated heterocycles. The van der Waals surface area contributed by atoms with Crippen LogP contribution in [0.15, 0.2) is 397 Å². The van der Waals surface area contributed by atoms with Crippen LogP contribution in [0.2, 0.25) is 0 Å². The zero-order valence-electron chi connectivity index (χ0n) is 69.8. The topological polar surface area (TPSA) is 26.3 Å². The highest BCUT2D eigenvalue weighted by Crippen LogP contribution is 2.43. The fraction of sp³-hybridized carbons (Fsp3) is 0.143. The van der Waals surface area contributed by atoms with Crippen LogP contribution in [0, 0.1) is 27.7 Å². The molecule has 0 atom stereocenters. The Kier molecular flexibility index (Phi) is 33.0. The maximum atomic E-state index is 6.16. The summed E-state index contributed by atoms with van der Waals surface area (Å²) in [6, 6.07) is 136. The highest BCUT2D eigenvalue weighted by atomic mass is 16.3. The molecule has 2 aromatic heterocycles. The number of rotatable bonds is 4. The zero-order valence-corrected chi connectivity index (χ0v) is 69.8. The van der Waals surface area contributed by atoms with Crippen LogP contribution in [-0.4, -0.2) is 0 Å². The van der Waals surface area contributed by atoms with E-state index in [2.05, 4.69) is 380 Å². The number of hydrogen-bond acceptors (Lipinski definition) is 2. The summed E-state index contributed by atoms with van der Waals surface area (Å²) in [5.74, 6) is 0. The van der Waals surface area contributed by atoms with Crippen LogP contribution >= 0.6 is 0 Å². The molecular formula is C112H112O2. The lowest BCUT2D eigenvalue weighted by Crippen LogP contribution is -1.89. The Morgan fingerprint density at radius 2 is 0.430 bits per heavy atom. The van der Waals surface area contributed by atoms with Gasteiger partial charge in [-0.2, -0.15) is 0 Å². The molecule has 572 valence electrons. The van der Waals surface area contributed by atoms with E-state index in [1.807, 2.05) is 119 Å². The van der Waals surface area contributed by atoms with Crippen LogP contribution in [0.4, 0.5) is 0 Å². The number of para-hydroxylation sites is 2. The van der Waals surface area contributed by atoms with Crippen molar-refractivity contribution >= 4 is 109 Å². The van der Waals surface area contributed by atoms with Gasteiger partial charge in [-0.1, -0.05) is 440 Å². The summed E-state index contributed by atoms with van der Waals surface area (Å²) < 4.78 is 12.3. The largest absolute Gasteiger partial charge is 0.456 e. The first kappa shape index (κ1) is 85.1. The quantitative estimate of drug-likeness (QED) is 0.164. The molecule has 2 heteroatoms. The molecule has 0 radical (unpaired) electrons. The minimum absolute atomic E-state index is 0.937. The van der Waals surface area contributed by atoms with E-state index in [9.17, 15) is 0 Å². The number of furan rings is 2. The fourth-order valence-electron chi connectivity index (χ4n) is 14.3. The Hall–Kier alpha value is -12.9. The molecular weight excluding hydrogens is 1380 g/mol. The van der Waals surface area contributed by atoms with E-state index < -0.39 is 0 Å². The molecule has 114 heavy (non-hydrogen) atoms. The molecule has 0 aliphatic rings. The van der Waals surface area contributed by atoms with E-state index in [1.165, 1.54) is 153 Å². The minimum atomic E-state index is 0.937. The third kappa shape index (κ3) is 20.4. The second kappa shape index (κ2) is 44.2. The number of hydrogen-bond donors (Lipinski definition) is 0. The predicted octanol–water partition coefficient (Wildman–Crippen LogP) is 34.9. The van der Waals surface area contributed by atoms with E-state index in [0.717, 1.165) is 22.3 Å². The molecule has 20 rings (SSSR count). The van der Waals surface area contributed by atoms with Crippen LogP contribution < -0.4 is 0 Å². The molecule has 0 saturated carbocycles. The van der Waals surface area contributed by atoms with E-state index in [0.29, 0.717) is 0 Å². The van der Waals surface area contributed by atoms with Gasteiger partial charge < -0.3 is 8.83 Å². The Balaban J connectivity index is 0.000000160. The normalized spacial score (nSPS) is 10.1. The smallest absolute Gasteiger partial charge is 0.136 e. The summed E-state index contributed by atoms with van der Waals surface area (Å²) in [7, 11) is 0. The summed E-state index contributed by atoms with van der Waals surface area (Å²) in [6.45, 7) is 32.7. The average Bonchev–Trinajstić information content (AvgIpc) is 1.38. The maximum absolute atomic E-state index is 6.16. The number of fused-ring (bicyclic) bond motifs is 12. The predicted molar refractivity (Wildman–Crippen MR) is 507 cm³/mol. The molecule has 0 fully saturated rings. The first-order valence-electron chi connectivity index (χ1n) is 41.0. The molecule has 20 aromatic rings. The van der Waals surface area contributed by atoms with Crippen molar-refractivity contribution < 1.29 is 8.83 Å². The van der Waals surface area contributed by atoms with Crippen LogP contribution in [0.5, 0.6) is 0 Å². The highest BCUT2D eigenvalue weighted by molar-refractivity contribution is 6.18. The lowest BCUT2D eigenvalue weighted by Gasteiger charge is -2.15. The lowest BCUT2D eigenvalue weighted by atomic mass is 9.89. The zero-order chi connectivity index (χ0) is 81.1. The van der Waals surface area contributed by atoms with Crippen molar-refractivity contribution in [2.45, 2.75) is 111 Å². The molecule has 18 aromatic carbocycles. The Morgan fingerprint density at radius 1 is 0.167 bits per heavy atom. The monoisotopic (exact) mass is 1490 g/mol. The molecule has 2 heterocycles. The summed E-state index contributed by atoms with van der Waals surface area (Å²) in [5, 5.41) is 20.3. The van der Waals surface area contributed by atoms with Gasteiger partial charge in [-0.3, -0.25) is 0 Å². The summed E-state index contributed by atoms with van der Waals surface area (Å²) in [6.07, 6.45) is 0. The van der Waals surface area contributed by atoms with E-state index in [1.54, 1.807) is 0 Å². The van der Waals surface area contributed by atoms with Gasteiger partial charge in [0.25, 0.3) is 0 Å². The molecule has 0 unspecified atom stereocenters. The van der Waals surface area contributed by atoms with Crippen molar-refractivity contribution in [3.63, 3.8) is 0 Å². The minimum Gasteiger partial charge on any atom is -0.456 e. The van der Waals surface area contributed by atoms with Gasteiger partial charge in [0.1, 0.15) is 22.3 Å². The molecule has 0 amide bonds. The van der Waals surface area contributed by atoms with Crippen molar-refractivity contribution in [2.24, 2.45) is 0 Å². The molecule has 0 spiro atoms. The van der Waals surface area contributed by atoms with Crippen LogP contribution in [-0.2, 0) is 0 Å². The summed E-state index contributed by atoms with van der Waals surface area (Å²) in [5.41, 5.74) is 19.2. The van der Waals surface area contributed by atoms with E-state index in [4.69, 9.17) is 8.83 Å². The highest BCUT2D eigenvalue weighted by Gasteiger charge is 2.17. The molecule has 2 nitrogen and oxygen atoms in total. The van der Waals surface area contributed by atoms with Crippen LogP contribution in [0.1, 0.15) is 105 Å². The Bertz CT molecular complexity index is 5760. The van der Waals surface area contributed by atoms with Gasteiger partial charge in [-0.15, -0.1) is 0 Å². The van der Waals surface area contributed by atoms with Crippen molar-refractivity contribution in [3.8, 4) is 44.5 Å². The number of aryl methyl sites for hydroxylation is 4. The van der Waals surface area contributed by atoms with E-state index in [-0.39, 0.29) is 0 Å².